The first-order valence-corrected chi connectivity index (χ1v) is 11.9. The number of alkyl halides is 12. The molecule has 0 aliphatic heterocycles. The first kappa shape index (κ1) is 31.2. The minimum absolute atomic E-state index is 0.0968. The number of benzene rings is 1. The Labute approximate surface area is 189 Å². The fraction of sp³-hybridized carbons (Fsp3) is 0.600. The van der Waals surface area contributed by atoms with Crippen LogP contribution in [0.25, 0.3) is 0 Å². The third-order valence-electron chi connectivity index (χ3n) is 4.17. The highest BCUT2D eigenvalue weighted by Gasteiger charge is 2.78. The van der Waals surface area contributed by atoms with Crippen LogP contribution in [-0.4, -0.2) is 54.1 Å². The van der Waals surface area contributed by atoms with E-state index in [4.69, 9.17) is 0 Å². The summed E-state index contributed by atoms with van der Waals surface area (Å²) in [6, 6.07) is -1.36. The SMILES string of the molecule is Cc1ccc(C(OS(C)(=O)=O)(C(F)(F)F)C(F)(F)F)cc1C(OS(C)(=O)=O)(C(F)(F)F)C(F)(F)F. The van der Waals surface area contributed by atoms with E-state index in [0.29, 0.717) is 6.92 Å². The molecular weight excluding hydrogens is 568 g/mol. The Morgan fingerprint density at radius 2 is 0.914 bits per heavy atom. The van der Waals surface area contributed by atoms with Crippen LogP contribution in [0.15, 0.2) is 18.2 Å². The Morgan fingerprint density at radius 3 is 1.20 bits per heavy atom. The zero-order chi connectivity index (χ0) is 28.3. The molecule has 0 aliphatic carbocycles. The molecule has 35 heavy (non-hydrogen) atoms. The lowest BCUT2D eigenvalue weighted by Gasteiger charge is -2.39. The molecular formula is C15H12F12O6S2. The monoisotopic (exact) mass is 580 g/mol. The van der Waals surface area contributed by atoms with Gasteiger partial charge in [0.2, 0.25) is 0 Å². The standard InChI is InChI=1S/C15H12F12O6S2/c1-7-4-5-8(10(12(16,17)18,13(19,20)21)32-34(2,28)29)6-9(7)11(14(22,23)24,15(25,26)27)33-35(3,30)31/h4-6H,1-3H3. The molecule has 0 unspecified atom stereocenters. The lowest BCUT2D eigenvalue weighted by atomic mass is 9.83. The summed E-state index contributed by atoms with van der Waals surface area (Å²) in [6.07, 6.45) is -27.9. The normalized spacial score (nSPS) is 15.4. The van der Waals surface area contributed by atoms with E-state index in [1.54, 1.807) is 0 Å². The molecule has 6 nitrogen and oxygen atoms in total. The molecule has 0 saturated heterocycles. The van der Waals surface area contributed by atoms with Crippen molar-refractivity contribution in [2.75, 3.05) is 12.5 Å². The van der Waals surface area contributed by atoms with E-state index in [-0.39, 0.29) is 24.6 Å². The summed E-state index contributed by atoms with van der Waals surface area (Å²) in [5.74, 6) is 0. The van der Waals surface area contributed by atoms with Gasteiger partial charge in [0, 0.05) is 11.1 Å². The van der Waals surface area contributed by atoms with Crippen LogP contribution < -0.4 is 0 Å². The number of rotatable bonds is 6. The quantitative estimate of drug-likeness (QED) is 0.362. The molecule has 0 saturated carbocycles. The highest BCUT2D eigenvalue weighted by atomic mass is 32.2. The maximum Gasteiger partial charge on any atom is 0.432 e. The van der Waals surface area contributed by atoms with Crippen LogP contribution in [0.2, 0.25) is 0 Å². The third kappa shape index (κ3) is 5.79. The maximum atomic E-state index is 13.8. The molecule has 0 spiro atoms. The highest BCUT2D eigenvalue weighted by Crippen LogP contribution is 2.57. The summed E-state index contributed by atoms with van der Waals surface area (Å²) in [7, 11) is -11.5. The van der Waals surface area contributed by atoms with E-state index < -0.39 is 78.9 Å². The summed E-state index contributed by atoms with van der Waals surface area (Å²) < 4.78 is 216. The molecule has 0 fully saturated rings. The molecule has 0 aliphatic rings. The Hall–Kier alpha value is -1.80. The average molecular weight is 580 g/mol. The summed E-state index contributed by atoms with van der Waals surface area (Å²) in [6.45, 7) is 0.358. The van der Waals surface area contributed by atoms with Gasteiger partial charge in [-0.25, -0.2) is 8.37 Å². The van der Waals surface area contributed by atoms with E-state index in [1.807, 2.05) is 0 Å². The van der Waals surface area contributed by atoms with Crippen molar-refractivity contribution in [1.82, 2.24) is 0 Å². The van der Waals surface area contributed by atoms with Crippen LogP contribution >= 0.6 is 0 Å². The lowest BCUT2D eigenvalue weighted by molar-refractivity contribution is -0.366. The van der Waals surface area contributed by atoms with E-state index in [0.717, 1.165) is 0 Å². The Bertz CT molecular complexity index is 1130. The molecule has 0 radical (unpaired) electrons. The maximum absolute atomic E-state index is 13.8. The molecule has 0 amide bonds. The average Bonchev–Trinajstić information content (AvgIpc) is 2.52. The second-order valence-corrected chi connectivity index (χ2v) is 10.1. The Balaban J connectivity index is 4.41. The van der Waals surface area contributed by atoms with Gasteiger partial charge in [-0.05, 0) is 18.6 Å². The van der Waals surface area contributed by atoms with Gasteiger partial charge in [0.25, 0.3) is 20.2 Å². The number of hydrogen-bond acceptors (Lipinski definition) is 6. The first-order valence-electron chi connectivity index (χ1n) is 8.23. The lowest BCUT2D eigenvalue weighted by Crippen LogP contribution is -2.58. The van der Waals surface area contributed by atoms with Crippen LogP contribution in [0.1, 0.15) is 16.7 Å². The molecule has 0 heterocycles. The largest absolute Gasteiger partial charge is 0.432 e. The second-order valence-electron chi connectivity index (χ2n) is 6.96. The van der Waals surface area contributed by atoms with Crippen LogP contribution in [0.3, 0.4) is 0 Å². The van der Waals surface area contributed by atoms with Crippen LogP contribution in [0, 0.1) is 6.92 Å². The summed E-state index contributed by atoms with van der Waals surface area (Å²) in [5, 5.41) is 0. The van der Waals surface area contributed by atoms with Gasteiger partial charge < -0.3 is 0 Å². The minimum Gasteiger partial charge on any atom is -0.239 e. The number of hydrogen-bond donors (Lipinski definition) is 0. The van der Waals surface area contributed by atoms with Crippen LogP contribution in [0.4, 0.5) is 52.7 Å². The van der Waals surface area contributed by atoms with E-state index >= 15 is 0 Å². The summed E-state index contributed by atoms with van der Waals surface area (Å²) in [5.41, 5.74) is -18.5. The first-order chi connectivity index (χ1) is 15.0. The highest BCUT2D eigenvalue weighted by molar-refractivity contribution is 7.86. The molecule has 1 aromatic carbocycles. The predicted molar refractivity (Wildman–Crippen MR) is 90.6 cm³/mol. The van der Waals surface area contributed by atoms with E-state index in [9.17, 15) is 69.5 Å². The summed E-state index contributed by atoms with van der Waals surface area (Å²) >= 11 is 0. The molecule has 0 N–H and O–H groups in total. The topological polar surface area (TPSA) is 86.7 Å². The van der Waals surface area contributed by atoms with Gasteiger partial charge in [-0.2, -0.15) is 69.5 Å². The molecule has 1 aromatic rings. The zero-order valence-electron chi connectivity index (χ0n) is 17.0. The molecule has 0 bridgehead atoms. The zero-order valence-corrected chi connectivity index (χ0v) is 18.7. The fourth-order valence-corrected chi connectivity index (χ4v) is 4.38. The van der Waals surface area contributed by atoms with Gasteiger partial charge in [-0.15, -0.1) is 0 Å². The summed E-state index contributed by atoms with van der Waals surface area (Å²) in [4.78, 5) is 0. The second kappa shape index (κ2) is 8.65. The van der Waals surface area contributed by atoms with Crippen molar-refractivity contribution >= 4 is 20.2 Å². The molecule has 1 rings (SSSR count). The number of halogens is 12. The van der Waals surface area contributed by atoms with Crippen molar-refractivity contribution in [2.24, 2.45) is 0 Å². The van der Waals surface area contributed by atoms with E-state index in [2.05, 4.69) is 8.37 Å². The Morgan fingerprint density at radius 1 is 0.600 bits per heavy atom. The van der Waals surface area contributed by atoms with Crippen molar-refractivity contribution in [1.29, 1.82) is 0 Å². The van der Waals surface area contributed by atoms with Crippen LogP contribution in [0.5, 0.6) is 0 Å². The van der Waals surface area contributed by atoms with Gasteiger partial charge in [-0.3, -0.25) is 0 Å². The van der Waals surface area contributed by atoms with Crippen molar-refractivity contribution < 1.29 is 77.9 Å². The molecule has 20 heteroatoms. The fourth-order valence-electron chi connectivity index (χ4n) is 2.91. The molecule has 0 aromatic heterocycles. The predicted octanol–water partition coefficient (Wildman–Crippen LogP) is 4.59. The van der Waals surface area contributed by atoms with Crippen molar-refractivity contribution in [3.8, 4) is 0 Å². The Kier molecular flexibility index (Phi) is 7.72. The molecule has 0 atom stereocenters. The van der Waals surface area contributed by atoms with E-state index in [1.165, 1.54) is 0 Å². The minimum atomic E-state index is -6.84. The van der Waals surface area contributed by atoms with Gasteiger partial charge in [0.05, 0.1) is 12.5 Å². The van der Waals surface area contributed by atoms with Crippen molar-refractivity contribution in [3.05, 3.63) is 34.9 Å². The van der Waals surface area contributed by atoms with Gasteiger partial charge in [0.15, 0.2) is 0 Å². The third-order valence-corrected chi connectivity index (χ3v) is 5.28. The number of aryl methyl sites for hydroxylation is 1. The van der Waals surface area contributed by atoms with Crippen molar-refractivity contribution in [3.63, 3.8) is 0 Å². The smallest absolute Gasteiger partial charge is 0.239 e. The van der Waals surface area contributed by atoms with Crippen LogP contribution in [-0.2, 0) is 39.8 Å². The van der Waals surface area contributed by atoms with Crippen molar-refractivity contribution in [2.45, 2.75) is 42.8 Å². The molecule has 204 valence electrons. The van der Waals surface area contributed by atoms with Gasteiger partial charge in [-0.1, -0.05) is 12.1 Å². The van der Waals surface area contributed by atoms with Gasteiger partial charge in [0.1, 0.15) is 0 Å². The van der Waals surface area contributed by atoms with Gasteiger partial charge >= 0.3 is 35.9 Å².